The fourth-order valence-electron chi connectivity index (χ4n) is 3.41. The molecule has 0 unspecified atom stereocenters. The summed E-state index contributed by atoms with van der Waals surface area (Å²) >= 11 is 0. The van der Waals surface area contributed by atoms with Crippen LogP contribution in [-0.2, 0) is 11.3 Å². The Kier molecular flexibility index (Phi) is 4.90. The van der Waals surface area contributed by atoms with Crippen LogP contribution in [0, 0.1) is 12.7 Å². The molecule has 1 fully saturated rings. The number of fused-ring (bicyclic) bond motifs is 1. The number of benzene rings is 1. The number of hydrogen-bond donors (Lipinski definition) is 0. The number of pyridine rings is 1. The Bertz CT molecular complexity index is 946. The van der Waals surface area contributed by atoms with E-state index < -0.39 is 0 Å². The van der Waals surface area contributed by atoms with E-state index in [1.165, 1.54) is 12.1 Å². The molecule has 1 aromatic carbocycles. The summed E-state index contributed by atoms with van der Waals surface area (Å²) < 4.78 is 20.8. The fourth-order valence-corrected chi connectivity index (χ4v) is 3.41. The van der Waals surface area contributed by atoms with E-state index in [4.69, 9.17) is 4.74 Å². The molecular formula is C21H22FN3O2. The summed E-state index contributed by atoms with van der Waals surface area (Å²) in [5, 5.41) is 0. The van der Waals surface area contributed by atoms with Crippen LogP contribution < -0.4 is 0 Å². The van der Waals surface area contributed by atoms with Gasteiger partial charge in [-0.3, -0.25) is 4.79 Å². The van der Waals surface area contributed by atoms with E-state index in [1.54, 1.807) is 23.2 Å². The molecule has 1 aliphatic rings. The van der Waals surface area contributed by atoms with Gasteiger partial charge in [0.15, 0.2) is 0 Å². The number of amides is 1. The number of rotatable bonds is 5. The molecule has 4 rings (SSSR count). The second-order valence-electron chi connectivity index (χ2n) is 7.04. The number of aromatic nitrogens is 2. The summed E-state index contributed by atoms with van der Waals surface area (Å²) in [7, 11) is 0. The summed E-state index contributed by atoms with van der Waals surface area (Å²) in [5.74, 6) is -0.428. The van der Waals surface area contributed by atoms with Crippen molar-refractivity contribution in [2.75, 3.05) is 13.2 Å². The Balaban J connectivity index is 1.60. The molecule has 0 saturated carbocycles. The Labute approximate surface area is 157 Å². The van der Waals surface area contributed by atoms with Crippen LogP contribution in [0.25, 0.3) is 5.65 Å². The number of halogens is 1. The highest BCUT2D eigenvalue weighted by Gasteiger charge is 2.25. The zero-order valence-electron chi connectivity index (χ0n) is 15.3. The second-order valence-corrected chi connectivity index (χ2v) is 7.04. The van der Waals surface area contributed by atoms with Crippen molar-refractivity contribution in [3.8, 4) is 0 Å². The quantitative estimate of drug-likeness (QED) is 0.692. The molecule has 2 aromatic heterocycles. The second kappa shape index (κ2) is 7.48. The highest BCUT2D eigenvalue weighted by Crippen LogP contribution is 2.18. The minimum atomic E-state index is -0.286. The molecular weight excluding hydrogens is 345 g/mol. The van der Waals surface area contributed by atoms with Crippen molar-refractivity contribution < 1.29 is 13.9 Å². The molecule has 0 spiro atoms. The molecule has 1 amide bonds. The summed E-state index contributed by atoms with van der Waals surface area (Å²) in [6, 6.07) is 10.2. The van der Waals surface area contributed by atoms with E-state index in [2.05, 4.69) is 4.98 Å². The van der Waals surface area contributed by atoms with E-state index in [-0.39, 0.29) is 17.8 Å². The van der Waals surface area contributed by atoms with Gasteiger partial charge in [0.25, 0.3) is 5.91 Å². The zero-order chi connectivity index (χ0) is 18.8. The molecule has 0 bridgehead atoms. The van der Waals surface area contributed by atoms with Crippen molar-refractivity contribution in [1.82, 2.24) is 14.3 Å². The smallest absolute Gasteiger partial charge is 0.274 e. The summed E-state index contributed by atoms with van der Waals surface area (Å²) in [4.78, 5) is 19.4. The molecule has 1 saturated heterocycles. The van der Waals surface area contributed by atoms with E-state index >= 15 is 0 Å². The van der Waals surface area contributed by atoms with Crippen LogP contribution in [0.5, 0.6) is 0 Å². The van der Waals surface area contributed by atoms with Gasteiger partial charge >= 0.3 is 0 Å². The normalized spacial score (nSPS) is 16.7. The predicted octanol–water partition coefficient (Wildman–Crippen LogP) is 3.60. The first-order chi connectivity index (χ1) is 13.1. The van der Waals surface area contributed by atoms with E-state index in [0.29, 0.717) is 18.8 Å². The monoisotopic (exact) mass is 367 g/mol. The van der Waals surface area contributed by atoms with Crippen molar-refractivity contribution in [3.63, 3.8) is 0 Å². The number of aryl methyl sites for hydroxylation is 1. The Morgan fingerprint density at radius 2 is 2.15 bits per heavy atom. The molecule has 3 aromatic rings. The lowest BCUT2D eigenvalue weighted by Crippen LogP contribution is -2.37. The molecule has 140 valence electrons. The lowest BCUT2D eigenvalue weighted by atomic mass is 10.1. The van der Waals surface area contributed by atoms with Gasteiger partial charge in [0.05, 0.1) is 6.10 Å². The van der Waals surface area contributed by atoms with Gasteiger partial charge in [-0.15, -0.1) is 0 Å². The largest absolute Gasteiger partial charge is 0.376 e. The van der Waals surface area contributed by atoms with Gasteiger partial charge in [0, 0.05) is 32.1 Å². The number of imidazole rings is 1. The third-order valence-corrected chi connectivity index (χ3v) is 4.86. The van der Waals surface area contributed by atoms with Crippen LogP contribution in [0.15, 0.2) is 48.8 Å². The molecule has 0 radical (unpaired) electrons. The SMILES string of the molecule is Cc1ccn2cc(C(=O)N(Cc3ccc(F)cc3)C[C@@H]3CCCO3)nc2c1. The summed E-state index contributed by atoms with van der Waals surface area (Å²) in [6.45, 7) is 3.63. The number of nitrogens with zero attached hydrogens (tertiary/aromatic N) is 3. The number of carbonyl (C=O) groups is 1. The molecule has 6 heteroatoms. The van der Waals surface area contributed by atoms with Gasteiger partial charge in [-0.25, -0.2) is 9.37 Å². The van der Waals surface area contributed by atoms with Crippen LogP contribution in [0.2, 0.25) is 0 Å². The summed E-state index contributed by atoms with van der Waals surface area (Å²) in [6.07, 6.45) is 5.64. The number of carbonyl (C=O) groups excluding carboxylic acids is 1. The average molecular weight is 367 g/mol. The molecule has 5 nitrogen and oxygen atoms in total. The van der Waals surface area contributed by atoms with Crippen molar-refractivity contribution in [2.24, 2.45) is 0 Å². The molecule has 0 aliphatic carbocycles. The molecule has 0 N–H and O–H groups in total. The summed E-state index contributed by atoms with van der Waals surface area (Å²) in [5.41, 5.74) is 3.12. The van der Waals surface area contributed by atoms with Gasteiger partial charge in [-0.2, -0.15) is 0 Å². The van der Waals surface area contributed by atoms with Gasteiger partial charge in [-0.1, -0.05) is 12.1 Å². The Morgan fingerprint density at radius 3 is 2.89 bits per heavy atom. The average Bonchev–Trinajstić information content (AvgIpc) is 3.31. The highest BCUT2D eigenvalue weighted by molar-refractivity contribution is 5.93. The third-order valence-electron chi connectivity index (χ3n) is 4.86. The first kappa shape index (κ1) is 17.7. The van der Waals surface area contributed by atoms with Gasteiger partial charge in [0.2, 0.25) is 0 Å². The molecule has 27 heavy (non-hydrogen) atoms. The van der Waals surface area contributed by atoms with Crippen molar-refractivity contribution in [2.45, 2.75) is 32.4 Å². The van der Waals surface area contributed by atoms with Crippen molar-refractivity contribution >= 4 is 11.6 Å². The van der Waals surface area contributed by atoms with Gasteiger partial charge < -0.3 is 14.0 Å². The first-order valence-corrected chi connectivity index (χ1v) is 9.19. The Morgan fingerprint density at radius 1 is 1.33 bits per heavy atom. The van der Waals surface area contributed by atoms with Crippen LogP contribution in [0.3, 0.4) is 0 Å². The van der Waals surface area contributed by atoms with Crippen molar-refractivity contribution in [3.05, 3.63) is 71.4 Å². The highest BCUT2D eigenvalue weighted by atomic mass is 19.1. The van der Waals surface area contributed by atoms with Gasteiger partial charge in [0.1, 0.15) is 17.2 Å². The molecule has 3 heterocycles. The maximum atomic E-state index is 13.2. The van der Waals surface area contributed by atoms with Gasteiger partial charge in [-0.05, 0) is 55.2 Å². The third kappa shape index (κ3) is 4.01. The fraction of sp³-hybridized carbons (Fsp3) is 0.333. The maximum Gasteiger partial charge on any atom is 0.274 e. The topological polar surface area (TPSA) is 46.8 Å². The number of hydrogen-bond acceptors (Lipinski definition) is 3. The maximum absolute atomic E-state index is 13.2. The molecule has 1 aliphatic heterocycles. The first-order valence-electron chi connectivity index (χ1n) is 9.19. The van der Waals surface area contributed by atoms with Crippen LogP contribution in [0.4, 0.5) is 4.39 Å². The lowest BCUT2D eigenvalue weighted by molar-refractivity contribution is 0.0503. The minimum absolute atomic E-state index is 0.0358. The lowest BCUT2D eigenvalue weighted by Gasteiger charge is -2.25. The van der Waals surface area contributed by atoms with E-state index in [1.807, 2.05) is 29.7 Å². The molecule has 1 atom stereocenters. The van der Waals surface area contributed by atoms with E-state index in [0.717, 1.165) is 36.2 Å². The minimum Gasteiger partial charge on any atom is -0.376 e. The number of ether oxygens (including phenoxy) is 1. The van der Waals surface area contributed by atoms with E-state index in [9.17, 15) is 9.18 Å². The standard InChI is InChI=1S/C21H22FN3O2/c1-15-8-9-24-14-19(23-20(24)11-15)21(26)25(13-18-3-2-10-27-18)12-16-4-6-17(22)7-5-16/h4-9,11,14,18H,2-3,10,12-13H2,1H3/t18-/m0/s1. The Hall–Kier alpha value is -2.73. The van der Waals surface area contributed by atoms with Crippen LogP contribution >= 0.6 is 0 Å². The zero-order valence-corrected chi connectivity index (χ0v) is 15.3. The van der Waals surface area contributed by atoms with Crippen LogP contribution in [0.1, 0.15) is 34.5 Å². The van der Waals surface area contributed by atoms with Crippen molar-refractivity contribution in [1.29, 1.82) is 0 Å². The predicted molar refractivity (Wildman–Crippen MR) is 100 cm³/mol. The van der Waals surface area contributed by atoms with Crippen LogP contribution in [-0.4, -0.2) is 39.4 Å².